The number of imidazole rings is 2. The maximum Gasteiger partial charge on any atom is 0.276 e. The second kappa shape index (κ2) is 19.1. The Balaban J connectivity index is 0.000000129. The lowest BCUT2D eigenvalue weighted by molar-refractivity contribution is 0.0831. The van der Waals surface area contributed by atoms with Gasteiger partial charge in [0.15, 0.2) is 23.1 Å². The Bertz CT molecular complexity index is 2730. The van der Waals surface area contributed by atoms with Gasteiger partial charge in [0.2, 0.25) is 0 Å². The predicted octanol–water partition coefficient (Wildman–Crippen LogP) is 4.02. The molecule has 2 aliphatic carbocycles. The number of nitrogens with zero attached hydrogens (tertiary/aromatic N) is 11. The highest BCUT2D eigenvalue weighted by atomic mass is 16.5. The van der Waals surface area contributed by atoms with E-state index in [0.29, 0.717) is 52.7 Å². The molecule has 19 heteroatoms. The van der Waals surface area contributed by atoms with Crippen LogP contribution >= 0.6 is 0 Å². The average molecular weight is 887 g/mol. The molecule has 0 radical (unpaired) electrons. The highest BCUT2D eigenvalue weighted by Gasteiger charge is 2.35. The fourth-order valence-corrected chi connectivity index (χ4v) is 9.75. The SMILES string of the molecule is CC1CN(Cc2nccc(C3CC3)n2)CC1c1nn2c(C3CCOCC3)ncc2c(=O)[nH]1.CC1CNCC1c1nn2c(C3CCOCC3)ncc2c(=O)[nH]1.O=Cc1nccc(C2CC2)n1. The molecule has 12 rings (SSSR count). The third-order valence-corrected chi connectivity index (χ3v) is 13.9. The van der Waals surface area contributed by atoms with Crippen LogP contribution in [0.3, 0.4) is 0 Å². The second-order valence-corrected chi connectivity index (χ2v) is 18.7. The van der Waals surface area contributed by atoms with E-state index in [1.54, 1.807) is 27.6 Å². The third-order valence-electron chi connectivity index (χ3n) is 13.9. The van der Waals surface area contributed by atoms with E-state index in [9.17, 15) is 14.4 Å². The lowest BCUT2D eigenvalue weighted by atomic mass is 9.97. The van der Waals surface area contributed by atoms with Gasteiger partial charge in [-0.05, 0) is 81.9 Å². The van der Waals surface area contributed by atoms with E-state index in [-0.39, 0.29) is 28.9 Å². The fraction of sp³-hybridized carbons (Fsp3) is 0.587. The quantitative estimate of drug-likeness (QED) is 0.174. The van der Waals surface area contributed by atoms with Crippen molar-refractivity contribution in [1.29, 1.82) is 0 Å². The van der Waals surface area contributed by atoms with E-state index in [1.807, 2.05) is 18.3 Å². The first-order valence-electron chi connectivity index (χ1n) is 23.4. The number of aromatic nitrogens is 12. The van der Waals surface area contributed by atoms with Gasteiger partial charge >= 0.3 is 0 Å². The fourth-order valence-electron chi connectivity index (χ4n) is 9.75. The van der Waals surface area contributed by atoms with E-state index in [1.165, 1.54) is 31.4 Å². The number of aromatic amines is 2. The van der Waals surface area contributed by atoms with Crippen molar-refractivity contribution in [2.45, 2.75) is 107 Å². The molecule has 3 N–H and O–H groups in total. The summed E-state index contributed by atoms with van der Waals surface area (Å²) in [6.07, 6.45) is 16.1. The van der Waals surface area contributed by atoms with E-state index < -0.39 is 0 Å². The minimum atomic E-state index is -0.119. The first-order chi connectivity index (χ1) is 31.8. The van der Waals surface area contributed by atoms with Crippen LogP contribution in [0, 0.1) is 11.8 Å². The van der Waals surface area contributed by atoms with Gasteiger partial charge in [-0.1, -0.05) is 13.8 Å². The molecule has 4 aliphatic heterocycles. The maximum atomic E-state index is 12.8. The van der Waals surface area contributed by atoms with Gasteiger partial charge in [0, 0.05) is 105 Å². The van der Waals surface area contributed by atoms with Crippen LogP contribution in [0.15, 0.2) is 46.5 Å². The monoisotopic (exact) mass is 886 g/mol. The average Bonchev–Trinajstić information content (AvgIpc) is 4.20. The number of carbonyl (C=O) groups excluding carboxylic acids is 1. The number of aldehydes is 1. The van der Waals surface area contributed by atoms with Crippen LogP contribution < -0.4 is 16.4 Å². The van der Waals surface area contributed by atoms with Crippen LogP contribution in [-0.2, 0) is 16.0 Å². The smallest absolute Gasteiger partial charge is 0.276 e. The number of ether oxygens (including phenoxy) is 2. The minimum absolute atomic E-state index is 0.102. The lowest BCUT2D eigenvalue weighted by Gasteiger charge is -2.21. The molecule has 342 valence electrons. The van der Waals surface area contributed by atoms with Crippen molar-refractivity contribution in [2.24, 2.45) is 11.8 Å². The molecule has 65 heavy (non-hydrogen) atoms. The summed E-state index contributed by atoms with van der Waals surface area (Å²) in [6.45, 7) is 11.7. The summed E-state index contributed by atoms with van der Waals surface area (Å²) < 4.78 is 14.5. The van der Waals surface area contributed by atoms with E-state index in [2.05, 4.69) is 59.0 Å². The number of carbonyl (C=O) groups is 1. The molecular weight excluding hydrogens is 829 g/mol. The van der Waals surface area contributed by atoms with E-state index >= 15 is 0 Å². The second-order valence-electron chi connectivity index (χ2n) is 18.7. The standard InChI is InChI=1S/C23H29N7O2.C15H21N5O2.C8H8N2O/c1-14-11-29(13-20-24-7-4-18(26-20)15-2-3-15)12-17(14)21-27-23(31)19-10-25-22(30(19)28-21)16-5-8-32-9-6-16;1-9-6-16-7-11(9)13-18-15(21)12-8-17-14(20(12)19-13)10-2-4-22-5-3-10;11-5-8-9-4-3-7(10-8)6-1-2-6/h4,7,10,14-17H,2-3,5-6,8-9,11-13H2,1H3,(H,27,28,31);8-11,16H,2-7H2,1H3,(H,18,19,21);3-6H,1-2H2. The van der Waals surface area contributed by atoms with Crippen molar-refractivity contribution >= 4 is 17.3 Å². The highest BCUT2D eigenvalue weighted by Crippen LogP contribution is 2.40. The molecule has 6 aromatic rings. The molecular formula is C46H58N14O5. The zero-order chi connectivity index (χ0) is 44.4. The van der Waals surface area contributed by atoms with Gasteiger partial charge < -0.3 is 24.8 Å². The largest absolute Gasteiger partial charge is 0.381 e. The molecule has 0 aromatic carbocycles. The number of likely N-dealkylation sites (tertiary alicyclic amines) is 1. The molecule has 4 atom stereocenters. The summed E-state index contributed by atoms with van der Waals surface area (Å²) in [4.78, 5) is 70.0. The van der Waals surface area contributed by atoms with Crippen LogP contribution in [0.2, 0.25) is 0 Å². The summed E-state index contributed by atoms with van der Waals surface area (Å²) in [5, 5.41) is 13.0. The van der Waals surface area contributed by atoms with Crippen molar-refractivity contribution in [3.8, 4) is 0 Å². The number of H-pyrrole nitrogens is 2. The Hall–Kier alpha value is -5.63. The Morgan fingerprint density at radius 3 is 1.74 bits per heavy atom. The third kappa shape index (κ3) is 9.69. The van der Waals surface area contributed by atoms with Crippen molar-refractivity contribution < 1.29 is 14.3 Å². The van der Waals surface area contributed by atoms with Crippen molar-refractivity contribution in [1.82, 2.24) is 69.3 Å². The number of hydrogen-bond donors (Lipinski definition) is 3. The van der Waals surface area contributed by atoms with E-state index in [4.69, 9.17) is 24.7 Å². The molecule has 6 fully saturated rings. The highest BCUT2D eigenvalue weighted by molar-refractivity contribution is 5.68. The summed E-state index contributed by atoms with van der Waals surface area (Å²) in [7, 11) is 0. The molecule has 2 saturated carbocycles. The molecule has 19 nitrogen and oxygen atoms in total. The minimum Gasteiger partial charge on any atom is -0.381 e. The summed E-state index contributed by atoms with van der Waals surface area (Å²) >= 11 is 0. The first-order valence-corrected chi connectivity index (χ1v) is 23.4. The van der Waals surface area contributed by atoms with Crippen molar-refractivity contribution in [3.05, 3.63) is 104 Å². The van der Waals surface area contributed by atoms with Gasteiger partial charge in [-0.3, -0.25) is 19.3 Å². The Morgan fingerprint density at radius 1 is 0.646 bits per heavy atom. The van der Waals surface area contributed by atoms with Gasteiger partial charge in [-0.15, -0.1) is 0 Å². The van der Waals surface area contributed by atoms with Gasteiger partial charge in [0.25, 0.3) is 11.1 Å². The summed E-state index contributed by atoms with van der Waals surface area (Å²) in [5.74, 6) is 7.54. The summed E-state index contributed by atoms with van der Waals surface area (Å²) in [6, 6.07) is 3.92. The molecule has 0 amide bonds. The van der Waals surface area contributed by atoms with Gasteiger partial charge in [-0.2, -0.15) is 10.2 Å². The normalized spacial score (nSPS) is 24.2. The zero-order valence-corrected chi connectivity index (χ0v) is 37.1. The Labute approximate surface area is 375 Å². The van der Waals surface area contributed by atoms with Crippen LogP contribution in [0.25, 0.3) is 11.0 Å². The molecule has 6 aromatic heterocycles. The van der Waals surface area contributed by atoms with Gasteiger partial charge in [0.1, 0.15) is 29.1 Å². The number of hydrogen-bond acceptors (Lipinski definition) is 15. The van der Waals surface area contributed by atoms with Crippen LogP contribution in [0.1, 0.15) is 152 Å². The number of fused-ring (bicyclic) bond motifs is 2. The lowest BCUT2D eigenvalue weighted by Crippen LogP contribution is -2.24. The van der Waals surface area contributed by atoms with Crippen LogP contribution in [0.4, 0.5) is 0 Å². The van der Waals surface area contributed by atoms with Crippen molar-refractivity contribution in [2.75, 3.05) is 52.6 Å². The zero-order valence-electron chi connectivity index (χ0n) is 37.1. The molecule has 4 saturated heterocycles. The van der Waals surface area contributed by atoms with Gasteiger partial charge in [-0.25, -0.2) is 38.9 Å². The Morgan fingerprint density at radius 2 is 1.20 bits per heavy atom. The predicted molar refractivity (Wildman–Crippen MR) is 238 cm³/mol. The molecule has 6 aliphatic rings. The number of nitrogens with one attached hydrogen (secondary N) is 3. The molecule has 0 bridgehead atoms. The molecule has 4 unspecified atom stereocenters. The van der Waals surface area contributed by atoms with E-state index in [0.717, 1.165) is 120 Å². The number of rotatable bonds is 9. The first kappa shape index (κ1) is 43.3. The van der Waals surface area contributed by atoms with Crippen molar-refractivity contribution in [3.63, 3.8) is 0 Å². The maximum absolute atomic E-state index is 12.8. The Kier molecular flexibility index (Phi) is 12.7. The van der Waals surface area contributed by atoms with Crippen LogP contribution in [-0.4, -0.2) is 123 Å². The van der Waals surface area contributed by atoms with Crippen LogP contribution in [0.5, 0.6) is 0 Å². The molecule has 0 spiro atoms. The summed E-state index contributed by atoms with van der Waals surface area (Å²) in [5.41, 5.74) is 3.02. The molecule has 10 heterocycles. The van der Waals surface area contributed by atoms with Gasteiger partial charge in [0.05, 0.1) is 18.9 Å². The topological polar surface area (TPSA) is 228 Å².